The fourth-order valence-corrected chi connectivity index (χ4v) is 6.13. The normalized spacial score (nSPS) is 10.5. The highest BCUT2D eigenvalue weighted by Gasteiger charge is 2.11. The molecule has 0 aromatic heterocycles. The molecule has 0 unspecified atom stereocenters. The molecule has 0 N–H and O–H groups in total. The van der Waals surface area contributed by atoms with Crippen molar-refractivity contribution in [3.63, 3.8) is 0 Å². The van der Waals surface area contributed by atoms with Gasteiger partial charge in [-0.25, -0.2) is 0 Å². The number of halogens is 3. The zero-order chi connectivity index (χ0) is 17.3. The first-order chi connectivity index (χ1) is 11.5. The maximum absolute atomic E-state index is 8.93. The number of hydrogen-bond donors (Lipinski definition) is 0. The van der Waals surface area contributed by atoms with Crippen molar-refractivity contribution >= 4 is 67.8 Å². The number of nitrogens with zero attached hydrogens (tertiary/aromatic N) is 1. The summed E-state index contributed by atoms with van der Waals surface area (Å²) in [5.41, 5.74) is 6.85. The molecule has 0 aliphatic carbocycles. The first-order valence-electron chi connectivity index (χ1n) is 7.25. The Morgan fingerprint density at radius 2 is 1.33 bits per heavy atom. The first-order valence-corrected chi connectivity index (χ1v) is 10.5. The smallest absolute Gasteiger partial charge is 0.0991 e. The molecular weight excluding hydrogens is 635 g/mol. The van der Waals surface area contributed by atoms with Crippen molar-refractivity contribution in [3.05, 3.63) is 76.4 Å². The molecule has 0 aliphatic rings. The Balaban J connectivity index is 2.06. The van der Waals surface area contributed by atoms with Crippen LogP contribution in [0.3, 0.4) is 0 Å². The van der Waals surface area contributed by atoms with E-state index in [2.05, 4.69) is 111 Å². The Kier molecular flexibility index (Phi) is 5.82. The molecule has 0 fully saturated rings. The Morgan fingerprint density at radius 1 is 0.750 bits per heavy atom. The van der Waals surface area contributed by atoms with E-state index < -0.39 is 0 Å². The molecule has 0 bridgehead atoms. The Bertz CT molecular complexity index is 931. The second kappa shape index (κ2) is 7.70. The Morgan fingerprint density at radius 3 is 1.88 bits per heavy atom. The van der Waals surface area contributed by atoms with Crippen LogP contribution in [0.15, 0.2) is 54.6 Å². The minimum absolute atomic E-state index is 0.689. The van der Waals surface area contributed by atoms with E-state index in [1.54, 1.807) is 0 Å². The van der Waals surface area contributed by atoms with Crippen LogP contribution in [0.25, 0.3) is 22.3 Å². The minimum atomic E-state index is 0.689. The fraction of sp³-hybridized carbons (Fsp3) is 0.0500. The number of nitriles is 1. The van der Waals surface area contributed by atoms with E-state index in [4.69, 9.17) is 5.26 Å². The fourth-order valence-electron chi connectivity index (χ4n) is 2.60. The van der Waals surface area contributed by atoms with Gasteiger partial charge in [-0.15, -0.1) is 0 Å². The second-order valence-electron chi connectivity index (χ2n) is 5.49. The molecule has 0 spiro atoms. The molecule has 3 aromatic rings. The Labute approximate surface area is 182 Å². The van der Waals surface area contributed by atoms with E-state index in [1.165, 1.54) is 33.0 Å². The van der Waals surface area contributed by atoms with Gasteiger partial charge >= 0.3 is 0 Å². The van der Waals surface area contributed by atoms with E-state index in [0.29, 0.717) is 5.56 Å². The third kappa shape index (κ3) is 3.78. The molecule has 3 rings (SSSR count). The molecule has 0 saturated carbocycles. The first kappa shape index (κ1) is 18.1. The average molecular weight is 647 g/mol. The van der Waals surface area contributed by atoms with Crippen LogP contribution in [0, 0.1) is 29.0 Å². The van der Waals surface area contributed by atoms with Crippen LogP contribution >= 0.6 is 67.8 Å². The molecule has 0 aliphatic heterocycles. The number of benzene rings is 3. The van der Waals surface area contributed by atoms with Gasteiger partial charge in [0.2, 0.25) is 0 Å². The van der Waals surface area contributed by atoms with Crippen molar-refractivity contribution in [1.29, 1.82) is 5.26 Å². The van der Waals surface area contributed by atoms with Crippen molar-refractivity contribution in [1.82, 2.24) is 0 Å². The summed E-state index contributed by atoms with van der Waals surface area (Å²) in [5, 5.41) is 8.93. The van der Waals surface area contributed by atoms with Gasteiger partial charge in [0.05, 0.1) is 11.6 Å². The highest BCUT2D eigenvalue weighted by molar-refractivity contribution is 14.1. The topological polar surface area (TPSA) is 23.8 Å². The van der Waals surface area contributed by atoms with Crippen LogP contribution in [-0.4, -0.2) is 0 Å². The summed E-state index contributed by atoms with van der Waals surface area (Å²) in [6.07, 6.45) is 0. The van der Waals surface area contributed by atoms with Crippen LogP contribution in [0.2, 0.25) is 0 Å². The zero-order valence-electron chi connectivity index (χ0n) is 12.8. The second-order valence-corrected chi connectivity index (χ2v) is 8.97. The molecule has 118 valence electrons. The Hall–Kier alpha value is -0.660. The van der Waals surface area contributed by atoms with Crippen molar-refractivity contribution < 1.29 is 0 Å². The van der Waals surface area contributed by atoms with Crippen LogP contribution < -0.4 is 0 Å². The SMILES string of the molecule is Cc1cc(I)c(-c2ccc(-c3ccc(C#N)cc3)c(I)c2)c(I)c1. The molecule has 0 atom stereocenters. The van der Waals surface area contributed by atoms with E-state index in [-0.39, 0.29) is 0 Å². The molecule has 1 nitrogen and oxygen atoms in total. The van der Waals surface area contributed by atoms with Gasteiger partial charge in [-0.1, -0.05) is 24.3 Å². The van der Waals surface area contributed by atoms with E-state index in [0.717, 1.165) is 5.56 Å². The van der Waals surface area contributed by atoms with Crippen molar-refractivity contribution in [2.24, 2.45) is 0 Å². The largest absolute Gasteiger partial charge is 0.192 e. The monoisotopic (exact) mass is 647 g/mol. The van der Waals surface area contributed by atoms with E-state index in [9.17, 15) is 0 Å². The minimum Gasteiger partial charge on any atom is -0.192 e. The third-order valence-corrected chi connectivity index (χ3v) is 6.36. The van der Waals surface area contributed by atoms with Gasteiger partial charge < -0.3 is 0 Å². The van der Waals surface area contributed by atoms with Crippen molar-refractivity contribution in [2.75, 3.05) is 0 Å². The summed E-state index contributed by atoms with van der Waals surface area (Å²) in [6.45, 7) is 2.13. The van der Waals surface area contributed by atoms with E-state index in [1.807, 2.05) is 24.3 Å². The van der Waals surface area contributed by atoms with Crippen LogP contribution in [0.5, 0.6) is 0 Å². The van der Waals surface area contributed by atoms with Crippen LogP contribution in [0.4, 0.5) is 0 Å². The lowest BCUT2D eigenvalue weighted by atomic mass is 9.99. The van der Waals surface area contributed by atoms with Gasteiger partial charge in [-0.3, -0.25) is 0 Å². The van der Waals surface area contributed by atoms with Gasteiger partial charge in [0.15, 0.2) is 0 Å². The molecule has 0 radical (unpaired) electrons. The number of hydrogen-bond acceptors (Lipinski definition) is 1. The summed E-state index contributed by atoms with van der Waals surface area (Å²) in [7, 11) is 0. The van der Waals surface area contributed by atoms with Crippen LogP contribution in [0.1, 0.15) is 11.1 Å². The summed E-state index contributed by atoms with van der Waals surface area (Å²) in [6, 6.07) is 21.0. The van der Waals surface area contributed by atoms with Gasteiger partial charge in [0.25, 0.3) is 0 Å². The summed E-state index contributed by atoms with van der Waals surface area (Å²) < 4.78 is 3.76. The molecule has 0 heterocycles. The predicted octanol–water partition coefficient (Wildman–Crippen LogP) is 7.01. The highest BCUT2D eigenvalue weighted by Crippen LogP contribution is 2.35. The maximum atomic E-state index is 8.93. The lowest BCUT2D eigenvalue weighted by Gasteiger charge is -2.12. The summed E-state index contributed by atoms with van der Waals surface area (Å²) in [4.78, 5) is 0. The van der Waals surface area contributed by atoms with E-state index >= 15 is 0 Å². The van der Waals surface area contributed by atoms with Crippen molar-refractivity contribution in [3.8, 4) is 28.3 Å². The predicted molar refractivity (Wildman–Crippen MR) is 125 cm³/mol. The summed E-state index contributed by atoms with van der Waals surface area (Å²) >= 11 is 7.23. The molecule has 0 saturated heterocycles. The quantitative estimate of drug-likeness (QED) is 0.275. The maximum Gasteiger partial charge on any atom is 0.0991 e. The lowest BCUT2D eigenvalue weighted by Crippen LogP contribution is -1.92. The molecule has 0 amide bonds. The van der Waals surface area contributed by atoms with Crippen LogP contribution in [-0.2, 0) is 0 Å². The molecule has 3 aromatic carbocycles. The molecule has 24 heavy (non-hydrogen) atoms. The average Bonchev–Trinajstić information content (AvgIpc) is 2.54. The number of aryl methyl sites for hydroxylation is 1. The van der Waals surface area contributed by atoms with Gasteiger partial charge in [-0.05, 0) is 127 Å². The lowest BCUT2D eigenvalue weighted by molar-refractivity contribution is 1.42. The molecule has 4 heteroatoms. The standard InChI is InChI=1S/C20H12I3N/c1-12-8-18(22)20(19(23)9-12)15-6-7-16(17(21)10-15)14-4-2-13(11-24)3-5-14/h2-10H,1H3. The van der Waals surface area contributed by atoms with Gasteiger partial charge in [0.1, 0.15) is 0 Å². The number of rotatable bonds is 2. The van der Waals surface area contributed by atoms with Gasteiger partial charge in [0, 0.05) is 16.3 Å². The zero-order valence-corrected chi connectivity index (χ0v) is 19.2. The van der Waals surface area contributed by atoms with Crippen molar-refractivity contribution in [2.45, 2.75) is 6.92 Å². The summed E-state index contributed by atoms with van der Waals surface area (Å²) in [5.74, 6) is 0. The highest BCUT2D eigenvalue weighted by atomic mass is 127. The molecular formula is C20H12I3N. The third-order valence-electron chi connectivity index (χ3n) is 3.77. The van der Waals surface area contributed by atoms with Gasteiger partial charge in [-0.2, -0.15) is 5.26 Å².